The Morgan fingerprint density at radius 1 is 1.27 bits per heavy atom. The number of rotatable bonds is 9. The van der Waals surface area contributed by atoms with Crippen molar-refractivity contribution < 1.29 is 10.2 Å². The van der Waals surface area contributed by atoms with E-state index in [1.165, 1.54) is 12.8 Å². The van der Waals surface area contributed by atoms with Gasteiger partial charge in [-0.15, -0.1) is 0 Å². The van der Waals surface area contributed by atoms with E-state index in [-0.39, 0.29) is 13.2 Å². The van der Waals surface area contributed by atoms with Crippen molar-refractivity contribution >= 4 is 0 Å². The third-order valence-electron chi connectivity index (χ3n) is 2.50. The summed E-state index contributed by atoms with van der Waals surface area (Å²) in [6.07, 6.45) is 2.56. The van der Waals surface area contributed by atoms with Crippen LogP contribution in [0.25, 0.3) is 0 Å². The van der Waals surface area contributed by atoms with Gasteiger partial charge in [-0.3, -0.25) is 4.90 Å². The van der Waals surface area contributed by atoms with Gasteiger partial charge in [-0.1, -0.05) is 6.58 Å². The summed E-state index contributed by atoms with van der Waals surface area (Å²) in [5.41, 5.74) is 1.11. The van der Waals surface area contributed by atoms with Gasteiger partial charge in [-0.25, -0.2) is 0 Å². The van der Waals surface area contributed by atoms with E-state index in [0.717, 1.165) is 18.7 Å². The van der Waals surface area contributed by atoms with Crippen molar-refractivity contribution in [2.75, 3.05) is 39.4 Å². The maximum absolute atomic E-state index is 8.84. The van der Waals surface area contributed by atoms with Crippen molar-refractivity contribution in [3.63, 3.8) is 0 Å². The quantitative estimate of drug-likeness (QED) is 0.456. The minimum absolute atomic E-state index is 0.128. The average molecular weight is 214 g/mol. The Morgan fingerprint density at radius 2 is 1.87 bits per heavy atom. The fourth-order valence-corrected chi connectivity index (χ4v) is 1.50. The summed E-state index contributed by atoms with van der Waals surface area (Å²) < 4.78 is 0. The molecule has 0 aromatic rings. The van der Waals surface area contributed by atoms with Crippen LogP contribution in [0.4, 0.5) is 0 Å². The Kier molecular flexibility index (Phi) is 5.86. The van der Waals surface area contributed by atoms with Gasteiger partial charge in [0.1, 0.15) is 0 Å². The van der Waals surface area contributed by atoms with Crippen molar-refractivity contribution in [2.24, 2.45) is 0 Å². The second-order valence-electron chi connectivity index (χ2n) is 4.13. The first-order chi connectivity index (χ1) is 7.26. The van der Waals surface area contributed by atoms with E-state index < -0.39 is 0 Å². The molecule has 0 spiro atoms. The maximum atomic E-state index is 8.84. The third kappa shape index (κ3) is 5.89. The van der Waals surface area contributed by atoms with Crippen molar-refractivity contribution in [1.82, 2.24) is 10.2 Å². The van der Waals surface area contributed by atoms with Gasteiger partial charge < -0.3 is 15.5 Å². The van der Waals surface area contributed by atoms with Crippen molar-refractivity contribution in [3.05, 3.63) is 12.2 Å². The zero-order chi connectivity index (χ0) is 11.1. The van der Waals surface area contributed by atoms with Crippen molar-refractivity contribution in [3.8, 4) is 0 Å². The molecule has 3 N–H and O–H groups in total. The molecule has 0 aromatic heterocycles. The van der Waals surface area contributed by atoms with Crippen LogP contribution in [0.5, 0.6) is 0 Å². The third-order valence-corrected chi connectivity index (χ3v) is 2.50. The van der Waals surface area contributed by atoms with E-state index in [0.29, 0.717) is 19.1 Å². The molecule has 1 saturated carbocycles. The molecule has 4 heteroatoms. The second kappa shape index (κ2) is 6.95. The summed E-state index contributed by atoms with van der Waals surface area (Å²) in [6, 6.07) is 0.700. The Bertz CT molecular complexity index is 187. The second-order valence-corrected chi connectivity index (χ2v) is 4.13. The molecule has 1 rings (SSSR count). The van der Waals surface area contributed by atoms with E-state index in [9.17, 15) is 0 Å². The highest BCUT2D eigenvalue weighted by atomic mass is 16.3. The molecule has 1 aliphatic carbocycles. The fraction of sp³-hybridized carbons (Fsp3) is 0.818. The molecule has 0 saturated heterocycles. The van der Waals surface area contributed by atoms with E-state index in [4.69, 9.17) is 10.2 Å². The van der Waals surface area contributed by atoms with Crippen LogP contribution in [0.2, 0.25) is 0 Å². The van der Waals surface area contributed by atoms with E-state index in [2.05, 4.69) is 11.9 Å². The van der Waals surface area contributed by atoms with Gasteiger partial charge >= 0.3 is 0 Å². The number of nitrogens with zero attached hydrogens (tertiary/aromatic N) is 1. The molecule has 0 radical (unpaired) electrons. The highest BCUT2D eigenvalue weighted by molar-refractivity contribution is 5.01. The topological polar surface area (TPSA) is 55.7 Å². The predicted molar refractivity (Wildman–Crippen MR) is 60.8 cm³/mol. The van der Waals surface area contributed by atoms with Gasteiger partial charge in [0.25, 0.3) is 0 Å². The number of nitrogens with one attached hydrogen (secondary N) is 1. The number of aliphatic hydroxyl groups is 2. The van der Waals surface area contributed by atoms with Gasteiger partial charge in [0, 0.05) is 32.2 Å². The Labute approximate surface area is 91.6 Å². The van der Waals surface area contributed by atoms with Crippen LogP contribution < -0.4 is 5.32 Å². The van der Waals surface area contributed by atoms with Crippen LogP contribution in [-0.4, -0.2) is 60.5 Å². The summed E-state index contributed by atoms with van der Waals surface area (Å²) >= 11 is 0. The van der Waals surface area contributed by atoms with Gasteiger partial charge in [0.15, 0.2) is 0 Å². The van der Waals surface area contributed by atoms with Crippen LogP contribution in [0, 0.1) is 0 Å². The number of aliphatic hydroxyl groups excluding tert-OH is 2. The highest BCUT2D eigenvalue weighted by Gasteiger charge is 2.20. The molecule has 0 amide bonds. The van der Waals surface area contributed by atoms with E-state index in [1.54, 1.807) is 0 Å². The molecule has 15 heavy (non-hydrogen) atoms. The summed E-state index contributed by atoms with van der Waals surface area (Å²) in [7, 11) is 0. The first kappa shape index (κ1) is 12.6. The van der Waals surface area contributed by atoms with Crippen LogP contribution >= 0.6 is 0 Å². The zero-order valence-electron chi connectivity index (χ0n) is 9.28. The summed E-state index contributed by atoms with van der Waals surface area (Å²) in [5, 5.41) is 21.1. The summed E-state index contributed by atoms with van der Waals surface area (Å²) in [6.45, 7) is 7.04. The van der Waals surface area contributed by atoms with Crippen molar-refractivity contribution in [1.29, 1.82) is 0 Å². The summed E-state index contributed by atoms with van der Waals surface area (Å²) in [4.78, 5) is 2.01. The lowest BCUT2D eigenvalue weighted by molar-refractivity contribution is 0.169. The molecule has 1 aliphatic rings. The minimum atomic E-state index is 0.128. The average Bonchev–Trinajstić information content (AvgIpc) is 2.99. The standard InChI is InChI=1S/C11H22N2O2/c1-10(8-12-11-2-3-11)9-13(4-6-14)5-7-15/h11-12,14-15H,1-9H2. The zero-order valence-corrected chi connectivity index (χ0v) is 9.28. The fourth-order valence-electron chi connectivity index (χ4n) is 1.50. The van der Waals surface area contributed by atoms with Crippen molar-refractivity contribution in [2.45, 2.75) is 18.9 Å². The van der Waals surface area contributed by atoms with Crippen LogP contribution in [0.3, 0.4) is 0 Å². The van der Waals surface area contributed by atoms with Gasteiger partial charge in [0.05, 0.1) is 13.2 Å². The molecule has 0 aliphatic heterocycles. The van der Waals surface area contributed by atoms with E-state index in [1.807, 2.05) is 4.90 Å². The lowest BCUT2D eigenvalue weighted by Gasteiger charge is -2.21. The summed E-state index contributed by atoms with van der Waals surface area (Å²) in [5.74, 6) is 0. The molecule has 4 nitrogen and oxygen atoms in total. The smallest absolute Gasteiger partial charge is 0.0558 e. The molecule has 0 atom stereocenters. The molecule has 0 unspecified atom stereocenters. The maximum Gasteiger partial charge on any atom is 0.0558 e. The normalized spacial score (nSPS) is 15.9. The van der Waals surface area contributed by atoms with Gasteiger partial charge in [-0.05, 0) is 18.4 Å². The van der Waals surface area contributed by atoms with Gasteiger partial charge in [-0.2, -0.15) is 0 Å². The monoisotopic (exact) mass is 214 g/mol. The molecule has 88 valence electrons. The highest BCUT2D eigenvalue weighted by Crippen LogP contribution is 2.18. The molecule has 0 heterocycles. The van der Waals surface area contributed by atoms with Crippen LogP contribution in [0.1, 0.15) is 12.8 Å². The predicted octanol–water partition coefficient (Wildman–Crippen LogP) is -0.419. The lowest BCUT2D eigenvalue weighted by atomic mass is 10.2. The number of hydrogen-bond donors (Lipinski definition) is 3. The molecule has 0 bridgehead atoms. The Hall–Kier alpha value is -0.420. The van der Waals surface area contributed by atoms with Gasteiger partial charge in [0.2, 0.25) is 0 Å². The molecule has 1 fully saturated rings. The largest absolute Gasteiger partial charge is 0.395 e. The minimum Gasteiger partial charge on any atom is -0.395 e. The first-order valence-electron chi connectivity index (χ1n) is 5.60. The molecule has 0 aromatic carbocycles. The number of hydrogen-bond acceptors (Lipinski definition) is 4. The lowest BCUT2D eigenvalue weighted by Crippen LogP contribution is -2.34. The van der Waals surface area contributed by atoms with Crippen LogP contribution in [0.15, 0.2) is 12.2 Å². The van der Waals surface area contributed by atoms with Crippen LogP contribution in [-0.2, 0) is 0 Å². The SMILES string of the molecule is C=C(CNC1CC1)CN(CCO)CCO. The first-order valence-corrected chi connectivity index (χ1v) is 5.60. The Morgan fingerprint density at radius 3 is 2.33 bits per heavy atom. The molecular weight excluding hydrogens is 192 g/mol. The Balaban J connectivity index is 2.12. The molecular formula is C11H22N2O2. The van der Waals surface area contributed by atoms with E-state index >= 15 is 0 Å².